The number of nitrogens with zero attached hydrogens (tertiary/aromatic N) is 1. The number of rotatable bonds is 4. The lowest BCUT2D eigenvalue weighted by atomic mass is 10.2. The Morgan fingerprint density at radius 2 is 1.90 bits per heavy atom. The van der Waals surface area contributed by atoms with Crippen molar-refractivity contribution in [2.24, 2.45) is 0 Å². The van der Waals surface area contributed by atoms with Gasteiger partial charge in [0.15, 0.2) is 0 Å². The van der Waals surface area contributed by atoms with Gasteiger partial charge in [-0.05, 0) is 18.2 Å². The van der Waals surface area contributed by atoms with Crippen molar-refractivity contribution in [3.63, 3.8) is 0 Å². The SMILES string of the molecule is CCC(=O)Nc1cccc(C(=O)ON2C(=O)CCC2=O)c1. The number of amides is 3. The fourth-order valence-electron chi connectivity index (χ4n) is 1.77. The van der Waals surface area contributed by atoms with Crippen molar-refractivity contribution in [2.45, 2.75) is 26.2 Å². The Hall–Kier alpha value is -2.70. The third-order valence-electron chi connectivity index (χ3n) is 2.88. The van der Waals surface area contributed by atoms with E-state index in [0.717, 1.165) is 0 Å². The summed E-state index contributed by atoms with van der Waals surface area (Å²) in [6, 6.07) is 6.07. The Morgan fingerprint density at radius 1 is 1.24 bits per heavy atom. The molecule has 110 valence electrons. The summed E-state index contributed by atoms with van der Waals surface area (Å²) < 4.78 is 0. The Morgan fingerprint density at radius 3 is 2.52 bits per heavy atom. The van der Waals surface area contributed by atoms with Gasteiger partial charge in [-0.25, -0.2) is 4.79 Å². The second-order valence-corrected chi connectivity index (χ2v) is 4.44. The fourth-order valence-corrected chi connectivity index (χ4v) is 1.77. The van der Waals surface area contributed by atoms with Crippen molar-refractivity contribution in [3.05, 3.63) is 29.8 Å². The number of benzene rings is 1. The van der Waals surface area contributed by atoms with Gasteiger partial charge < -0.3 is 10.2 Å². The van der Waals surface area contributed by atoms with E-state index in [1.165, 1.54) is 12.1 Å². The minimum Gasteiger partial charge on any atom is -0.326 e. The molecule has 0 radical (unpaired) electrons. The van der Waals surface area contributed by atoms with Crippen LogP contribution in [0.15, 0.2) is 24.3 Å². The van der Waals surface area contributed by atoms with Crippen molar-refractivity contribution in [2.75, 3.05) is 5.32 Å². The predicted molar refractivity (Wildman–Crippen MR) is 71.9 cm³/mol. The molecule has 1 N–H and O–H groups in total. The second-order valence-electron chi connectivity index (χ2n) is 4.44. The number of hydroxylamine groups is 2. The summed E-state index contributed by atoms with van der Waals surface area (Å²) >= 11 is 0. The highest BCUT2D eigenvalue weighted by Gasteiger charge is 2.33. The monoisotopic (exact) mass is 290 g/mol. The lowest BCUT2D eigenvalue weighted by Gasteiger charge is -2.13. The highest BCUT2D eigenvalue weighted by Crippen LogP contribution is 2.16. The quantitative estimate of drug-likeness (QED) is 0.842. The summed E-state index contributed by atoms with van der Waals surface area (Å²) in [7, 11) is 0. The molecule has 2 rings (SSSR count). The summed E-state index contributed by atoms with van der Waals surface area (Å²) in [6.45, 7) is 1.71. The van der Waals surface area contributed by atoms with Crippen LogP contribution >= 0.6 is 0 Å². The number of carbonyl (C=O) groups excluding carboxylic acids is 4. The maximum atomic E-state index is 11.9. The Bertz CT molecular complexity index is 595. The molecule has 1 saturated heterocycles. The van der Waals surface area contributed by atoms with Gasteiger partial charge in [-0.2, -0.15) is 0 Å². The van der Waals surface area contributed by atoms with E-state index in [1.54, 1.807) is 19.1 Å². The van der Waals surface area contributed by atoms with Crippen LogP contribution in [0.2, 0.25) is 0 Å². The molecule has 21 heavy (non-hydrogen) atoms. The van der Waals surface area contributed by atoms with Gasteiger partial charge in [0.2, 0.25) is 5.91 Å². The fraction of sp³-hybridized carbons (Fsp3) is 0.286. The first kappa shape index (κ1) is 14.7. The molecule has 0 unspecified atom stereocenters. The van der Waals surface area contributed by atoms with E-state index in [4.69, 9.17) is 4.84 Å². The Labute approximate surface area is 120 Å². The molecular formula is C14H14N2O5. The number of nitrogens with one attached hydrogen (secondary N) is 1. The summed E-state index contributed by atoms with van der Waals surface area (Å²) in [5, 5.41) is 3.09. The lowest BCUT2D eigenvalue weighted by molar-refractivity contribution is -0.172. The molecule has 0 atom stereocenters. The van der Waals surface area contributed by atoms with Crippen molar-refractivity contribution >= 4 is 29.4 Å². The molecule has 1 aliphatic rings. The van der Waals surface area contributed by atoms with E-state index in [-0.39, 0.29) is 24.3 Å². The summed E-state index contributed by atoms with van der Waals surface area (Å²) in [5.74, 6) is -2.09. The van der Waals surface area contributed by atoms with Crippen LogP contribution in [-0.2, 0) is 19.2 Å². The molecule has 1 fully saturated rings. The first-order valence-electron chi connectivity index (χ1n) is 6.49. The first-order chi connectivity index (χ1) is 10.0. The molecule has 0 aliphatic carbocycles. The molecule has 7 heteroatoms. The predicted octanol–water partition coefficient (Wildman–Crippen LogP) is 1.26. The molecule has 1 aromatic rings. The summed E-state index contributed by atoms with van der Waals surface area (Å²) in [5.41, 5.74) is 0.576. The zero-order valence-corrected chi connectivity index (χ0v) is 11.4. The molecule has 0 spiro atoms. The molecule has 0 bridgehead atoms. The zero-order valence-electron chi connectivity index (χ0n) is 11.4. The molecule has 7 nitrogen and oxygen atoms in total. The lowest BCUT2D eigenvalue weighted by Crippen LogP contribution is -2.32. The third-order valence-corrected chi connectivity index (χ3v) is 2.88. The van der Waals surface area contributed by atoms with E-state index >= 15 is 0 Å². The van der Waals surface area contributed by atoms with Crippen LogP contribution in [0.25, 0.3) is 0 Å². The molecular weight excluding hydrogens is 276 g/mol. The van der Waals surface area contributed by atoms with Gasteiger partial charge in [0.1, 0.15) is 0 Å². The van der Waals surface area contributed by atoms with Crippen molar-refractivity contribution in [3.8, 4) is 0 Å². The van der Waals surface area contributed by atoms with Crippen molar-refractivity contribution in [1.29, 1.82) is 0 Å². The number of carbonyl (C=O) groups is 4. The molecule has 1 heterocycles. The average Bonchev–Trinajstić information content (AvgIpc) is 2.79. The van der Waals surface area contributed by atoms with Crippen LogP contribution in [0.4, 0.5) is 5.69 Å². The number of hydrogen-bond acceptors (Lipinski definition) is 5. The number of hydrogen-bond donors (Lipinski definition) is 1. The van der Waals surface area contributed by atoms with Gasteiger partial charge >= 0.3 is 5.97 Å². The summed E-state index contributed by atoms with van der Waals surface area (Å²) in [4.78, 5) is 50.8. The largest absolute Gasteiger partial charge is 0.363 e. The van der Waals surface area contributed by atoms with Crippen LogP contribution < -0.4 is 5.32 Å². The minimum absolute atomic E-state index is 0.0404. The van der Waals surface area contributed by atoms with Gasteiger partial charge in [-0.1, -0.05) is 13.0 Å². The van der Waals surface area contributed by atoms with Gasteiger partial charge in [0, 0.05) is 24.9 Å². The minimum atomic E-state index is -0.828. The maximum absolute atomic E-state index is 11.9. The topological polar surface area (TPSA) is 92.8 Å². The van der Waals surface area contributed by atoms with Crippen LogP contribution in [0.1, 0.15) is 36.5 Å². The first-order valence-corrected chi connectivity index (χ1v) is 6.49. The van der Waals surface area contributed by atoms with Crippen molar-refractivity contribution < 1.29 is 24.0 Å². The molecule has 3 amide bonds. The summed E-state index contributed by atoms with van der Waals surface area (Å²) in [6.07, 6.45) is 0.392. The van der Waals surface area contributed by atoms with E-state index in [2.05, 4.69) is 5.32 Å². The van der Waals surface area contributed by atoms with Crippen LogP contribution in [0.3, 0.4) is 0 Å². The zero-order chi connectivity index (χ0) is 15.4. The van der Waals surface area contributed by atoms with Gasteiger partial charge in [0.25, 0.3) is 11.8 Å². The van der Waals surface area contributed by atoms with E-state index in [9.17, 15) is 19.2 Å². The Kier molecular flexibility index (Phi) is 4.32. The van der Waals surface area contributed by atoms with Gasteiger partial charge in [-0.15, -0.1) is 5.06 Å². The molecule has 1 aliphatic heterocycles. The smallest absolute Gasteiger partial charge is 0.326 e. The third kappa shape index (κ3) is 3.44. The van der Waals surface area contributed by atoms with Crippen LogP contribution in [-0.4, -0.2) is 28.8 Å². The number of imide groups is 1. The van der Waals surface area contributed by atoms with Gasteiger partial charge in [0.05, 0.1) is 5.56 Å². The maximum Gasteiger partial charge on any atom is 0.363 e. The standard InChI is InChI=1S/C14H14N2O5/c1-2-11(17)15-10-5-3-4-9(8-10)14(20)21-16-12(18)6-7-13(16)19/h3-5,8H,2,6-7H2,1H3,(H,15,17). The van der Waals surface area contributed by atoms with E-state index < -0.39 is 17.8 Å². The normalized spacial score (nSPS) is 14.2. The van der Waals surface area contributed by atoms with Gasteiger partial charge in [-0.3, -0.25) is 14.4 Å². The highest BCUT2D eigenvalue weighted by atomic mass is 16.7. The molecule has 0 saturated carbocycles. The van der Waals surface area contributed by atoms with Crippen LogP contribution in [0.5, 0.6) is 0 Å². The van der Waals surface area contributed by atoms with E-state index in [0.29, 0.717) is 17.2 Å². The second kappa shape index (κ2) is 6.17. The van der Waals surface area contributed by atoms with Crippen molar-refractivity contribution in [1.82, 2.24) is 5.06 Å². The molecule has 0 aromatic heterocycles. The Balaban J connectivity index is 2.09. The average molecular weight is 290 g/mol. The van der Waals surface area contributed by atoms with E-state index in [1.807, 2.05) is 0 Å². The molecule has 1 aromatic carbocycles. The number of anilines is 1. The van der Waals surface area contributed by atoms with Crippen LogP contribution in [0, 0.1) is 0 Å². The highest BCUT2D eigenvalue weighted by molar-refractivity contribution is 6.03.